The van der Waals surface area contributed by atoms with Crippen LogP contribution in [0.1, 0.15) is 20.5 Å². The van der Waals surface area contributed by atoms with E-state index in [0.717, 1.165) is 20.6 Å². The molecule has 1 N–H and O–H groups in total. The Morgan fingerprint density at radius 1 is 1.41 bits per heavy atom. The zero-order chi connectivity index (χ0) is 15.7. The molecule has 6 heteroatoms. The van der Waals surface area contributed by atoms with E-state index < -0.39 is 5.97 Å². The van der Waals surface area contributed by atoms with E-state index >= 15 is 0 Å². The van der Waals surface area contributed by atoms with E-state index in [4.69, 9.17) is 5.11 Å². The number of thiophene rings is 1. The minimum atomic E-state index is -0.910. The molecule has 3 rings (SSSR count). The van der Waals surface area contributed by atoms with Crippen molar-refractivity contribution in [3.63, 3.8) is 0 Å². The van der Waals surface area contributed by atoms with Crippen molar-refractivity contribution in [3.05, 3.63) is 51.4 Å². The summed E-state index contributed by atoms with van der Waals surface area (Å²) in [5, 5.41) is 20.5. The van der Waals surface area contributed by atoms with Gasteiger partial charge in [0.25, 0.3) is 0 Å². The van der Waals surface area contributed by atoms with E-state index in [2.05, 4.69) is 11.1 Å². The SMILES string of the molecule is Cc1nc(-c2ccc(-c3cccs3)c(C#N)c2)[se]c1C(=O)O. The maximum absolute atomic E-state index is 11.2. The summed E-state index contributed by atoms with van der Waals surface area (Å²) in [5.74, 6) is -0.910. The Balaban J connectivity index is 2.08. The summed E-state index contributed by atoms with van der Waals surface area (Å²) in [7, 11) is 0. The third kappa shape index (κ3) is 2.62. The number of carbonyl (C=O) groups is 1. The molecule has 0 atom stereocenters. The Bertz CT molecular complexity index is 892. The molecule has 0 aliphatic heterocycles. The molecule has 0 saturated carbocycles. The normalized spacial score (nSPS) is 10.4. The zero-order valence-corrected chi connectivity index (χ0v) is 14.1. The summed E-state index contributed by atoms with van der Waals surface area (Å²) >= 11 is 1.26. The van der Waals surface area contributed by atoms with Gasteiger partial charge >= 0.3 is 137 Å². The second-order valence-corrected chi connectivity index (χ2v) is 7.63. The first kappa shape index (κ1) is 14.7. The second kappa shape index (κ2) is 5.90. The zero-order valence-electron chi connectivity index (χ0n) is 11.5. The van der Waals surface area contributed by atoms with Crippen LogP contribution in [0.5, 0.6) is 0 Å². The van der Waals surface area contributed by atoms with Gasteiger partial charge in [-0.3, -0.25) is 0 Å². The Morgan fingerprint density at radius 2 is 2.23 bits per heavy atom. The van der Waals surface area contributed by atoms with Gasteiger partial charge in [0.1, 0.15) is 0 Å². The van der Waals surface area contributed by atoms with E-state index in [9.17, 15) is 10.1 Å². The van der Waals surface area contributed by atoms with Gasteiger partial charge in [0.15, 0.2) is 0 Å². The van der Waals surface area contributed by atoms with Crippen LogP contribution in [0, 0.1) is 18.3 Å². The first-order valence-corrected chi connectivity index (χ1v) is 8.98. The van der Waals surface area contributed by atoms with Gasteiger partial charge in [-0.1, -0.05) is 0 Å². The van der Waals surface area contributed by atoms with Gasteiger partial charge in [0.2, 0.25) is 0 Å². The van der Waals surface area contributed by atoms with Crippen LogP contribution >= 0.6 is 11.3 Å². The van der Waals surface area contributed by atoms with Crippen molar-refractivity contribution in [1.29, 1.82) is 5.26 Å². The van der Waals surface area contributed by atoms with Gasteiger partial charge in [0, 0.05) is 0 Å². The van der Waals surface area contributed by atoms with Gasteiger partial charge in [0.05, 0.1) is 0 Å². The van der Waals surface area contributed by atoms with Gasteiger partial charge in [-0.2, -0.15) is 0 Å². The number of benzene rings is 1. The van der Waals surface area contributed by atoms with E-state index in [1.165, 1.54) is 0 Å². The van der Waals surface area contributed by atoms with Gasteiger partial charge in [-0.15, -0.1) is 0 Å². The Morgan fingerprint density at radius 3 is 2.82 bits per heavy atom. The number of rotatable bonds is 3. The molecule has 3 aromatic rings. The number of hydrogen-bond donors (Lipinski definition) is 1. The predicted octanol–water partition coefficient (Wildman–Crippen LogP) is 3.41. The topological polar surface area (TPSA) is 74.0 Å². The molecule has 0 saturated heterocycles. The average Bonchev–Trinajstić information content (AvgIpc) is 3.15. The molecule has 0 amide bonds. The molecule has 0 radical (unpaired) electrons. The van der Waals surface area contributed by atoms with Crippen molar-refractivity contribution in [2.75, 3.05) is 0 Å². The molecular weight excluding hydrogens is 363 g/mol. The minimum absolute atomic E-state index is 0.326. The van der Waals surface area contributed by atoms with Gasteiger partial charge in [-0.25, -0.2) is 0 Å². The van der Waals surface area contributed by atoms with E-state index in [0.29, 0.717) is 15.7 Å². The van der Waals surface area contributed by atoms with E-state index in [1.54, 1.807) is 24.3 Å². The average molecular weight is 373 g/mol. The number of carboxylic acids is 1. The number of hydrogen-bond acceptors (Lipinski definition) is 4. The molecular formula is C16H10N2O2SSe. The molecule has 22 heavy (non-hydrogen) atoms. The van der Waals surface area contributed by atoms with Crippen LogP contribution in [0.15, 0.2) is 35.7 Å². The summed E-state index contributed by atoms with van der Waals surface area (Å²) < 4.78 is 1.14. The molecule has 0 fully saturated rings. The number of carboxylic acid groups (broad SMARTS) is 1. The van der Waals surface area contributed by atoms with Crippen LogP contribution in [-0.2, 0) is 0 Å². The monoisotopic (exact) mass is 374 g/mol. The van der Waals surface area contributed by atoms with E-state index in [-0.39, 0.29) is 14.5 Å². The summed E-state index contributed by atoms with van der Waals surface area (Å²) in [5.41, 5.74) is 2.87. The molecule has 4 nitrogen and oxygen atoms in total. The summed E-state index contributed by atoms with van der Waals surface area (Å²) in [6.45, 7) is 1.71. The Kier molecular flexibility index (Phi) is 3.95. The van der Waals surface area contributed by atoms with Crippen LogP contribution in [0.3, 0.4) is 0 Å². The third-order valence-corrected chi connectivity index (χ3v) is 6.57. The molecule has 0 aliphatic rings. The van der Waals surface area contributed by atoms with Crippen LogP contribution in [0.2, 0.25) is 0 Å². The second-order valence-electron chi connectivity index (χ2n) is 4.59. The van der Waals surface area contributed by atoms with Crippen LogP contribution in [-0.4, -0.2) is 30.6 Å². The Hall–Kier alpha value is -2.19. The summed E-state index contributed by atoms with van der Waals surface area (Å²) in [6, 6.07) is 11.8. The Labute approximate surface area is 137 Å². The number of aromatic nitrogens is 1. The molecule has 0 spiro atoms. The quantitative estimate of drug-likeness (QED) is 0.714. The fraction of sp³-hybridized carbons (Fsp3) is 0.0625. The molecule has 0 bridgehead atoms. The number of nitrogens with zero attached hydrogens (tertiary/aromatic N) is 2. The number of aromatic carboxylic acids is 1. The molecule has 2 heterocycles. The van der Waals surface area contributed by atoms with Crippen LogP contribution in [0.4, 0.5) is 0 Å². The summed E-state index contributed by atoms with van der Waals surface area (Å²) in [4.78, 5) is 16.6. The first-order valence-electron chi connectivity index (χ1n) is 6.39. The van der Waals surface area contributed by atoms with Gasteiger partial charge < -0.3 is 0 Å². The van der Waals surface area contributed by atoms with Crippen molar-refractivity contribution in [3.8, 4) is 26.6 Å². The van der Waals surface area contributed by atoms with Crippen molar-refractivity contribution in [1.82, 2.24) is 4.98 Å². The fourth-order valence-corrected chi connectivity index (χ4v) is 4.79. The van der Waals surface area contributed by atoms with Crippen LogP contribution < -0.4 is 0 Å². The number of nitriles is 1. The maximum atomic E-state index is 11.2. The van der Waals surface area contributed by atoms with Crippen molar-refractivity contribution in [2.45, 2.75) is 6.92 Å². The standard InChI is InChI=1S/C16H10N2O2SSe/c1-9-14(16(19)20)22-15(18-9)10-4-5-12(11(7-10)8-17)13-3-2-6-21-13/h2-7H,1H3,(H,19,20). The van der Waals surface area contributed by atoms with E-state index in [1.807, 2.05) is 29.6 Å². The molecule has 108 valence electrons. The molecule has 0 unspecified atom stereocenters. The molecule has 2 aromatic heterocycles. The van der Waals surface area contributed by atoms with Crippen molar-refractivity contribution >= 4 is 31.8 Å². The van der Waals surface area contributed by atoms with Crippen LogP contribution in [0.25, 0.3) is 20.6 Å². The molecule has 0 aliphatic carbocycles. The molecule has 1 aromatic carbocycles. The van der Waals surface area contributed by atoms with Crippen molar-refractivity contribution in [2.24, 2.45) is 0 Å². The predicted molar refractivity (Wildman–Crippen MR) is 86.3 cm³/mol. The fourth-order valence-electron chi connectivity index (χ4n) is 2.13. The number of aryl methyl sites for hydroxylation is 1. The first-order chi connectivity index (χ1) is 10.6. The summed E-state index contributed by atoms with van der Waals surface area (Å²) in [6.07, 6.45) is 0. The third-order valence-electron chi connectivity index (χ3n) is 3.16. The van der Waals surface area contributed by atoms with Crippen molar-refractivity contribution < 1.29 is 9.90 Å². The van der Waals surface area contributed by atoms with Gasteiger partial charge in [-0.05, 0) is 0 Å².